The summed E-state index contributed by atoms with van der Waals surface area (Å²) in [6.45, 7) is 1.78. The van der Waals surface area contributed by atoms with Crippen LogP contribution in [-0.2, 0) is 4.79 Å². The minimum absolute atomic E-state index is 0. The van der Waals surface area contributed by atoms with E-state index in [1.165, 1.54) is 0 Å². The summed E-state index contributed by atoms with van der Waals surface area (Å²) < 4.78 is 6.74. The molecule has 0 aliphatic carbocycles. The van der Waals surface area contributed by atoms with Crippen molar-refractivity contribution in [2.45, 2.75) is 6.92 Å². The van der Waals surface area contributed by atoms with Crippen molar-refractivity contribution in [2.24, 2.45) is 0 Å². The number of ether oxygens (including phenoxy) is 1. The van der Waals surface area contributed by atoms with Crippen molar-refractivity contribution in [1.82, 2.24) is 9.38 Å². The average molecular weight is 245 g/mol. The van der Waals surface area contributed by atoms with E-state index in [0.717, 1.165) is 5.75 Å². The summed E-state index contributed by atoms with van der Waals surface area (Å²) >= 11 is 0. The molecular formula is C10H10KN2O3-. The molecule has 80 valence electrons. The van der Waals surface area contributed by atoms with Gasteiger partial charge in [0.05, 0.1) is 7.11 Å². The van der Waals surface area contributed by atoms with E-state index in [0.29, 0.717) is 17.0 Å². The number of hydrogen-bond donors (Lipinski definition) is 0. The number of aryl methyl sites for hydroxylation is 1. The Hall–Kier alpha value is -0.244. The van der Waals surface area contributed by atoms with E-state index in [-0.39, 0.29) is 56.9 Å². The quantitative estimate of drug-likeness (QED) is 0.450. The largest absolute Gasteiger partial charge is 1.00 e. The van der Waals surface area contributed by atoms with Crippen molar-refractivity contribution in [1.29, 1.82) is 0 Å². The van der Waals surface area contributed by atoms with Gasteiger partial charge in [0.15, 0.2) is 0 Å². The Balaban J connectivity index is 0.00000112. The van der Waals surface area contributed by atoms with Gasteiger partial charge in [-0.05, 0) is 6.07 Å². The number of hydrogen-bond acceptors (Lipinski definition) is 4. The van der Waals surface area contributed by atoms with Crippen molar-refractivity contribution in [3.8, 4) is 5.75 Å². The van der Waals surface area contributed by atoms with Crippen LogP contribution in [0.2, 0.25) is 0 Å². The van der Waals surface area contributed by atoms with E-state index < -0.39 is 0 Å². The number of rotatable bonds is 2. The molecule has 0 aromatic carbocycles. The Labute approximate surface area is 136 Å². The molecule has 16 heavy (non-hydrogen) atoms. The van der Waals surface area contributed by atoms with Gasteiger partial charge in [0.25, 0.3) is 0 Å². The van der Waals surface area contributed by atoms with Crippen LogP contribution < -0.4 is 56.1 Å². The van der Waals surface area contributed by atoms with Crippen LogP contribution in [0.5, 0.6) is 5.75 Å². The first-order valence-corrected chi connectivity index (χ1v) is 4.17. The first-order chi connectivity index (χ1) is 6.76. The molecule has 1 N–H and O–H groups in total. The summed E-state index contributed by atoms with van der Waals surface area (Å²) in [5.41, 5.74) is 1.83. The molecule has 2 aromatic rings. The number of pyridine rings is 1. The molecule has 2 rings (SSSR count). The van der Waals surface area contributed by atoms with Gasteiger partial charge in [-0.1, -0.05) is 18.3 Å². The fourth-order valence-corrected chi connectivity index (χ4v) is 1.39. The van der Waals surface area contributed by atoms with Crippen LogP contribution in [0.4, 0.5) is 0 Å². The Kier molecular flexibility index (Phi) is 6.38. The first-order valence-electron chi connectivity index (χ1n) is 4.17. The summed E-state index contributed by atoms with van der Waals surface area (Å²) in [4.78, 5) is 14.9. The van der Waals surface area contributed by atoms with Crippen LogP contribution in [0.1, 0.15) is 11.4 Å². The van der Waals surface area contributed by atoms with Gasteiger partial charge in [-0.25, -0.2) is 0 Å². The fourth-order valence-electron chi connectivity index (χ4n) is 1.39. The molecule has 0 saturated heterocycles. The first kappa shape index (κ1) is 15.8. The average Bonchev–Trinajstić information content (AvgIpc) is 2.51. The Morgan fingerprint density at radius 1 is 1.50 bits per heavy atom. The van der Waals surface area contributed by atoms with Crippen molar-refractivity contribution in [3.63, 3.8) is 0 Å². The molecular weight excluding hydrogens is 235 g/mol. The van der Waals surface area contributed by atoms with Gasteiger partial charge < -0.3 is 24.4 Å². The van der Waals surface area contributed by atoms with Crippen LogP contribution >= 0.6 is 0 Å². The van der Waals surface area contributed by atoms with Gasteiger partial charge in [0.1, 0.15) is 11.4 Å². The van der Waals surface area contributed by atoms with Crippen LogP contribution in [0, 0.1) is 6.92 Å². The molecule has 0 saturated carbocycles. The zero-order valence-corrected chi connectivity index (χ0v) is 12.5. The predicted octanol–water partition coefficient (Wildman–Crippen LogP) is -2.06. The maximum absolute atomic E-state index is 10.6. The monoisotopic (exact) mass is 245 g/mol. The molecule has 0 aliphatic heterocycles. The maximum Gasteiger partial charge on any atom is 1.00 e. The number of carbonyl (C=O) groups excluding carboxylic acids is 1. The molecule has 0 radical (unpaired) electrons. The minimum Gasteiger partial charge on any atom is -0.870 e. The van der Waals surface area contributed by atoms with E-state index in [4.69, 9.17) is 4.74 Å². The Morgan fingerprint density at radius 2 is 2.19 bits per heavy atom. The Bertz CT molecular complexity index is 496. The molecule has 2 heterocycles. The van der Waals surface area contributed by atoms with Crippen LogP contribution in [0.15, 0.2) is 18.3 Å². The molecule has 0 fully saturated rings. The summed E-state index contributed by atoms with van der Waals surface area (Å²) in [6.07, 6.45) is 3.61. The summed E-state index contributed by atoms with van der Waals surface area (Å²) in [6, 6.07) is 3.54. The fraction of sp³-hybridized carbons (Fsp3) is 0.200. The van der Waals surface area contributed by atoms with Gasteiger partial charge in [0.2, 0.25) is 0 Å². The molecule has 0 spiro atoms. The third-order valence-corrected chi connectivity index (χ3v) is 2.10. The van der Waals surface area contributed by atoms with Gasteiger partial charge in [0, 0.05) is 18.5 Å². The SMILES string of the molecule is COc1ccn2c([C-]=O)c(C)nc2c1.[K+].[OH-]. The number of aromatic nitrogens is 2. The summed E-state index contributed by atoms with van der Waals surface area (Å²) in [5.74, 6) is 0.722. The molecule has 2 aromatic heterocycles. The molecule has 0 atom stereocenters. The second-order valence-corrected chi connectivity index (χ2v) is 2.94. The standard InChI is InChI=1S/C10H9N2O2.K.H2O/c1-7-9(6-13)12-4-3-8(14-2)5-10(12)11-7;;/h3-5H,1-2H3;;1H2/q-1;+1;/p-1. The predicted molar refractivity (Wildman–Crippen MR) is 53.2 cm³/mol. The van der Waals surface area contributed by atoms with Crippen LogP contribution in [0.25, 0.3) is 5.65 Å². The van der Waals surface area contributed by atoms with Crippen molar-refractivity contribution < 1.29 is 66.4 Å². The maximum atomic E-state index is 10.6. The smallest absolute Gasteiger partial charge is 0.870 e. The number of imidazole rings is 1. The van der Waals surface area contributed by atoms with Crippen molar-refractivity contribution >= 4 is 11.9 Å². The molecule has 0 bridgehead atoms. The van der Waals surface area contributed by atoms with Crippen LogP contribution in [0.3, 0.4) is 0 Å². The molecule has 6 heteroatoms. The third-order valence-electron chi connectivity index (χ3n) is 2.10. The van der Waals surface area contributed by atoms with Gasteiger partial charge in [-0.15, -0.1) is 0 Å². The van der Waals surface area contributed by atoms with Gasteiger partial charge in [-0.2, -0.15) is 0 Å². The van der Waals surface area contributed by atoms with E-state index >= 15 is 0 Å². The molecule has 0 aliphatic rings. The second kappa shape index (κ2) is 6.48. The van der Waals surface area contributed by atoms with E-state index in [9.17, 15) is 4.79 Å². The molecule has 5 nitrogen and oxygen atoms in total. The van der Waals surface area contributed by atoms with Crippen LogP contribution in [-0.4, -0.2) is 28.3 Å². The van der Waals surface area contributed by atoms with E-state index in [1.54, 1.807) is 36.8 Å². The topological polar surface area (TPSA) is 73.6 Å². The van der Waals surface area contributed by atoms with E-state index in [1.807, 2.05) is 6.29 Å². The normalized spacial score (nSPS) is 9.12. The Morgan fingerprint density at radius 3 is 2.75 bits per heavy atom. The zero-order chi connectivity index (χ0) is 10.1. The van der Waals surface area contributed by atoms with Gasteiger partial charge >= 0.3 is 51.4 Å². The van der Waals surface area contributed by atoms with Crippen molar-refractivity contribution in [2.75, 3.05) is 7.11 Å². The molecule has 0 unspecified atom stereocenters. The van der Waals surface area contributed by atoms with Crippen molar-refractivity contribution in [3.05, 3.63) is 29.7 Å². The molecule has 0 amide bonds. The number of fused-ring (bicyclic) bond motifs is 1. The summed E-state index contributed by atoms with van der Waals surface area (Å²) in [5, 5.41) is 0. The third kappa shape index (κ3) is 2.71. The summed E-state index contributed by atoms with van der Waals surface area (Å²) in [7, 11) is 1.59. The second-order valence-electron chi connectivity index (χ2n) is 2.94. The van der Waals surface area contributed by atoms with Gasteiger partial charge in [-0.3, -0.25) is 0 Å². The number of methoxy groups -OCH3 is 1. The number of nitrogens with zero attached hydrogens (tertiary/aromatic N) is 2. The minimum atomic E-state index is 0. The zero-order valence-electron chi connectivity index (χ0n) is 9.39. The van der Waals surface area contributed by atoms with E-state index in [2.05, 4.69) is 4.98 Å².